The molecule has 3 heterocycles. The van der Waals surface area contributed by atoms with Crippen LogP contribution in [0.2, 0.25) is 0 Å². The van der Waals surface area contributed by atoms with Gasteiger partial charge in [-0.05, 0) is 19.4 Å². The van der Waals surface area contributed by atoms with Crippen molar-refractivity contribution in [1.82, 2.24) is 24.9 Å². The lowest BCUT2D eigenvalue weighted by Gasteiger charge is -2.34. The Labute approximate surface area is 141 Å². The lowest BCUT2D eigenvalue weighted by Crippen LogP contribution is -2.45. The Morgan fingerprint density at radius 2 is 2.21 bits per heavy atom. The third-order valence-corrected chi connectivity index (χ3v) is 4.87. The average molecular weight is 335 g/mol. The number of likely N-dealkylation sites (N-methyl/N-ethyl adjacent to an activating group) is 1. The van der Waals surface area contributed by atoms with Gasteiger partial charge in [0.1, 0.15) is 5.69 Å². The van der Waals surface area contributed by atoms with Gasteiger partial charge in [0, 0.05) is 38.8 Å². The minimum absolute atomic E-state index is 0.105. The van der Waals surface area contributed by atoms with Crippen molar-refractivity contribution in [3.8, 4) is 0 Å². The molecule has 1 saturated heterocycles. The molecule has 8 nitrogen and oxygen atoms in total. The Hall–Kier alpha value is -1.93. The number of likely N-dealkylation sites (tertiary alicyclic amines) is 1. The molecule has 0 saturated carbocycles. The molecule has 132 valence electrons. The number of nitrogens with zero attached hydrogens (tertiary/aromatic N) is 4. The number of aliphatic hydroxyl groups excluding tert-OH is 1. The molecule has 3 rings (SSSR count). The van der Waals surface area contributed by atoms with Crippen LogP contribution in [0.25, 0.3) is 0 Å². The number of nitrogens with one attached hydrogen (secondary N) is 1. The van der Waals surface area contributed by atoms with Crippen molar-refractivity contribution in [3.63, 3.8) is 0 Å². The molecule has 1 atom stereocenters. The molecule has 2 aliphatic heterocycles. The molecule has 8 heteroatoms. The van der Waals surface area contributed by atoms with Crippen molar-refractivity contribution in [1.29, 1.82) is 0 Å². The number of aliphatic hydroxyl groups is 1. The van der Waals surface area contributed by atoms with Crippen molar-refractivity contribution in [2.24, 2.45) is 0 Å². The van der Waals surface area contributed by atoms with Gasteiger partial charge in [-0.1, -0.05) is 6.42 Å². The summed E-state index contributed by atoms with van der Waals surface area (Å²) in [6.07, 6.45) is 3.29. The predicted molar refractivity (Wildman–Crippen MR) is 87.8 cm³/mol. The van der Waals surface area contributed by atoms with Crippen LogP contribution in [0.1, 0.15) is 40.2 Å². The third-order valence-electron chi connectivity index (χ3n) is 4.87. The van der Waals surface area contributed by atoms with Gasteiger partial charge in [0.25, 0.3) is 11.8 Å². The van der Waals surface area contributed by atoms with Gasteiger partial charge in [-0.3, -0.25) is 19.2 Å². The van der Waals surface area contributed by atoms with Gasteiger partial charge >= 0.3 is 0 Å². The molecule has 1 aromatic rings. The molecular formula is C16H25N5O3. The monoisotopic (exact) mass is 335 g/mol. The van der Waals surface area contributed by atoms with E-state index in [4.69, 9.17) is 0 Å². The van der Waals surface area contributed by atoms with Crippen LogP contribution in [0.5, 0.6) is 0 Å². The molecular weight excluding hydrogens is 310 g/mol. The molecule has 0 radical (unpaired) electrons. The second-order valence-corrected chi connectivity index (χ2v) is 6.49. The molecule has 0 aliphatic carbocycles. The predicted octanol–water partition coefficient (Wildman–Crippen LogP) is -0.455. The van der Waals surface area contributed by atoms with Crippen LogP contribution in [0.3, 0.4) is 0 Å². The van der Waals surface area contributed by atoms with Crippen LogP contribution in [-0.2, 0) is 6.54 Å². The molecule has 1 unspecified atom stereocenters. The fourth-order valence-corrected chi connectivity index (χ4v) is 3.38. The highest BCUT2D eigenvalue weighted by molar-refractivity contribution is 5.98. The summed E-state index contributed by atoms with van der Waals surface area (Å²) < 4.78 is 1.60. The van der Waals surface area contributed by atoms with E-state index in [-0.39, 0.29) is 30.2 Å². The third kappa shape index (κ3) is 3.44. The highest BCUT2D eigenvalue weighted by Crippen LogP contribution is 2.16. The number of rotatable bonds is 5. The lowest BCUT2D eigenvalue weighted by molar-refractivity contribution is 0.0741. The minimum atomic E-state index is -0.259. The summed E-state index contributed by atoms with van der Waals surface area (Å²) in [5.41, 5.74) is 0.747. The smallest absolute Gasteiger partial charge is 0.271 e. The second kappa shape index (κ2) is 7.31. The molecule has 0 spiro atoms. The number of carbonyl (C=O) groups is 2. The highest BCUT2D eigenvalue weighted by Gasteiger charge is 2.26. The minimum Gasteiger partial charge on any atom is -0.395 e. The Balaban J connectivity index is 1.54. The number of piperidine rings is 1. The van der Waals surface area contributed by atoms with E-state index in [0.717, 1.165) is 25.8 Å². The van der Waals surface area contributed by atoms with Crippen molar-refractivity contribution in [2.75, 3.05) is 39.8 Å². The molecule has 1 fully saturated rings. The van der Waals surface area contributed by atoms with Crippen LogP contribution in [-0.4, -0.2) is 82.4 Å². The average Bonchev–Trinajstić information content (AvgIpc) is 3.04. The first kappa shape index (κ1) is 16.9. The maximum atomic E-state index is 12.3. The summed E-state index contributed by atoms with van der Waals surface area (Å²) in [7, 11) is 1.74. The SMILES string of the molecule is CN1CCn2nc(C(=O)NCCN3CCCCC3CO)cc2C1=O. The Morgan fingerprint density at radius 3 is 3.00 bits per heavy atom. The van der Waals surface area contributed by atoms with Gasteiger partial charge in [-0.15, -0.1) is 0 Å². The van der Waals surface area contributed by atoms with Crippen molar-refractivity contribution in [2.45, 2.75) is 31.8 Å². The maximum Gasteiger partial charge on any atom is 0.271 e. The number of amides is 2. The van der Waals surface area contributed by atoms with E-state index < -0.39 is 0 Å². The molecule has 0 bridgehead atoms. The number of hydrogen-bond donors (Lipinski definition) is 2. The van der Waals surface area contributed by atoms with Crippen LogP contribution >= 0.6 is 0 Å². The largest absolute Gasteiger partial charge is 0.395 e. The molecule has 2 N–H and O–H groups in total. The van der Waals surface area contributed by atoms with Crippen molar-refractivity contribution >= 4 is 11.8 Å². The summed E-state index contributed by atoms with van der Waals surface area (Å²) in [5.74, 6) is -0.364. The second-order valence-electron chi connectivity index (χ2n) is 6.49. The van der Waals surface area contributed by atoms with Gasteiger partial charge in [0.15, 0.2) is 5.69 Å². The highest BCUT2D eigenvalue weighted by atomic mass is 16.3. The van der Waals surface area contributed by atoms with E-state index in [0.29, 0.717) is 31.9 Å². The fraction of sp³-hybridized carbons (Fsp3) is 0.688. The Bertz CT molecular complexity index is 615. The van der Waals surface area contributed by atoms with E-state index in [2.05, 4.69) is 15.3 Å². The van der Waals surface area contributed by atoms with Crippen LogP contribution in [0, 0.1) is 0 Å². The van der Waals surface area contributed by atoms with Crippen LogP contribution in [0.4, 0.5) is 0 Å². The van der Waals surface area contributed by atoms with E-state index in [1.807, 2.05) is 0 Å². The summed E-state index contributed by atoms with van der Waals surface area (Å²) in [5, 5.41) is 16.5. The van der Waals surface area contributed by atoms with Crippen molar-refractivity contribution in [3.05, 3.63) is 17.5 Å². The molecule has 2 amide bonds. The molecule has 24 heavy (non-hydrogen) atoms. The number of fused-ring (bicyclic) bond motifs is 1. The summed E-state index contributed by atoms with van der Waals surface area (Å²) >= 11 is 0. The summed E-state index contributed by atoms with van der Waals surface area (Å²) in [6, 6.07) is 1.76. The van der Waals surface area contributed by atoms with E-state index in [9.17, 15) is 14.7 Å². The number of aromatic nitrogens is 2. The zero-order valence-electron chi connectivity index (χ0n) is 14.1. The van der Waals surface area contributed by atoms with Crippen LogP contribution < -0.4 is 5.32 Å². The first-order chi connectivity index (χ1) is 11.6. The Morgan fingerprint density at radius 1 is 1.38 bits per heavy atom. The number of carbonyl (C=O) groups excluding carboxylic acids is 2. The molecule has 1 aromatic heterocycles. The van der Waals surface area contributed by atoms with Gasteiger partial charge in [0.2, 0.25) is 0 Å². The zero-order valence-corrected chi connectivity index (χ0v) is 14.1. The van der Waals surface area contributed by atoms with Crippen molar-refractivity contribution < 1.29 is 14.7 Å². The Kier molecular flexibility index (Phi) is 5.15. The molecule has 0 aromatic carbocycles. The lowest BCUT2D eigenvalue weighted by atomic mass is 10.0. The summed E-state index contributed by atoms with van der Waals surface area (Å²) in [6.45, 7) is 3.55. The maximum absolute atomic E-state index is 12.3. The first-order valence-electron chi connectivity index (χ1n) is 8.56. The van der Waals surface area contributed by atoms with Gasteiger partial charge in [0.05, 0.1) is 13.2 Å². The normalized spacial score (nSPS) is 21.7. The number of hydrogen-bond acceptors (Lipinski definition) is 5. The van der Waals surface area contributed by atoms with E-state index >= 15 is 0 Å². The van der Waals surface area contributed by atoms with Crippen LogP contribution in [0.15, 0.2) is 6.07 Å². The van der Waals surface area contributed by atoms with E-state index in [1.54, 1.807) is 22.7 Å². The van der Waals surface area contributed by atoms with E-state index in [1.165, 1.54) is 0 Å². The van der Waals surface area contributed by atoms with Gasteiger partial charge in [-0.25, -0.2) is 0 Å². The zero-order chi connectivity index (χ0) is 17.1. The van der Waals surface area contributed by atoms with Gasteiger partial charge in [-0.2, -0.15) is 5.10 Å². The summed E-state index contributed by atoms with van der Waals surface area (Å²) in [4.78, 5) is 28.2. The molecule has 2 aliphatic rings. The topological polar surface area (TPSA) is 90.7 Å². The standard InChI is InChI=1S/C16H25N5O3/c1-19-8-9-21-14(16(19)24)10-13(18-21)15(23)17-5-7-20-6-3-2-4-12(20)11-22/h10,12,22H,2-9,11H2,1H3,(H,17,23). The fourth-order valence-electron chi connectivity index (χ4n) is 3.38. The van der Waals surface area contributed by atoms with Gasteiger partial charge < -0.3 is 15.3 Å². The first-order valence-corrected chi connectivity index (χ1v) is 8.56. The quantitative estimate of drug-likeness (QED) is 0.760.